The molecule has 0 unspecified atom stereocenters. The predicted octanol–water partition coefficient (Wildman–Crippen LogP) is 1.70. The molecule has 0 rings (SSSR count). The normalized spacial score (nSPS) is 11.1. The third-order valence-corrected chi connectivity index (χ3v) is 1.13. The summed E-state index contributed by atoms with van der Waals surface area (Å²) < 4.78 is 0. The largest absolute Gasteiger partial charge is 0.280 e. The van der Waals surface area contributed by atoms with E-state index in [2.05, 4.69) is 37.7 Å². The number of hydrogen-bond acceptors (Lipinski definition) is 2. The maximum atomic E-state index is 4.68. The van der Waals surface area contributed by atoms with Crippen molar-refractivity contribution in [2.24, 2.45) is 5.41 Å². The fourth-order valence-corrected chi connectivity index (χ4v) is 0.276. The number of hydroxylamine groups is 1. The third-order valence-electron chi connectivity index (χ3n) is 1.13. The summed E-state index contributed by atoms with van der Waals surface area (Å²) in [6.45, 7) is 9.99. The van der Waals surface area contributed by atoms with E-state index in [1.54, 1.807) is 7.11 Å². The molecule has 0 saturated heterocycles. The second-order valence-corrected chi connectivity index (χ2v) is 3.03. The Hall–Kier alpha value is -0.500. The summed E-state index contributed by atoms with van der Waals surface area (Å²) in [5.74, 6) is 0. The van der Waals surface area contributed by atoms with Crippen molar-refractivity contribution in [1.82, 2.24) is 5.48 Å². The second-order valence-electron chi connectivity index (χ2n) is 3.03. The summed E-state index contributed by atoms with van der Waals surface area (Å²) in [5.41, 5.74) is 3.66. The van der Waals surface area contributed by atoms with Crippen molar-refractivity contribution in [3.63, 3.8) is 0 Å². The quantitative estimate of drug-likeness (QED) is 0.573. The van der Waals surface area contributed by atoms with Crippen molar-refractivity contribution in [2.45, 2.75) is 20.8 Å². The van der Waals surface area contributed by atoms with Crippen molar-refractivity contribution in [3.05, 3.63) is 12.3 Å². The van der Waals surface area contributed by atoms with Crippen LogP contribution in [0.25, 0.3) is 0 Å². The van der Waals surface area contributed by atoms with Gasteiger partial charge in [-0.25, -0.2) is 0 Å². The lowest BCUT2D eigenvalue weighted by molar-refractivity contribution is 0.101. The smallest absolute Gasteiger partial charge is 0.0636 e. The van der Waals surface area contributed by atoms with E-state index in [0.29, 0.717) is 0 Å². The fourth-order valence-electron chi connectivity index (χ4n) is 0.276. The summed E-state index contributed by atoms with van der Waals surface area (Å²) >= 11 is 0. The van der Waals surface area contributed by atoms with Crippen molar-refractivity contribution in [1.29, 1.82) is 0 Å². The Bertz CT molecular complexity index is 102. The van der Waals surface area contributed by atoms with Gasteiger partial charge in [0.05, 0.1) is 7.11 Å². The van der Waals surface area contributed by atoms with E-state index in [1.807, 2.05) is 0 Å². The average Bonchev–Trinajstić information content (AvgIpc) is 1.64. The third kappa shape index (κ3) is 3.14. The van der Waals surface area contributed by atoms with Crippen LogP contribution in [-0.4, -0.2) is 7.11 Å². The first-order chi connectivity index (χ1) is 3.98. The first-order valence-electron chi connectivity index (χ1n) is 2.97. The Morgan fingerprint density at radius 2 is 1.89 bits per heavy atom. The molecular weight excluding hydrogens is 114 g/mol. The van der Waals surface area contributed by atoms with Crippen molar-refractivity contribution in [3.8, 4) is 0 Å². The SMILES string of the molecule is C=C(NOC)C(C)(C)C. The lowest BCUT2D eigenvalue weighted by Gasteiger charge is -2.21. The number of allylic oxidation sites excluding steroid dienone is 1. The molecule has 2 nitrogen and oxygen atoms in total. The maximum Gasteiger partial charge on any atom is 0.0636 e. The highest BCUT2D eigenvalue weighted by Crippen LogP contribution is 2.20. The van der Waals surface area contributed by atoms with Gasteiger partial charge in [0.15, 0.2) is 0 Å². The molecule has 0 aromatic heterocycles. The molecule has 1 N–H and O–H groups in total. The average molecular weight is 129 g/mol. The lowest BCUT2D eigenvalue weighted by Crippen LogP contribution is -2.22. The van der Waals surface area contributed by atoms with Gasteiger partial charge in [0.2, 0.25) is 0 Å². The van der Waals surface area contributed by atoms with Gasteiger partial charge >= 0.3 is 0 Å². The van der Waals surface area contributed by atoms with E-state index in [0.717, 1.165) is 5.70 Å². The van der Waals surface area contributed by atoms with Gasteiger partial charge in [-0.15, -0.1) is 0 Å². The molecule has 0 aliphatic rings. The molecule has 0 bridgehead atoms. The summed E-state index contributed by atoms with van der Waals surface area (Å²) in [7, 11) is 1.58. The summed E-state index contributed by atoms with van der Waals surface area (Å²) in [4.78, 5) is 4.68. The summed E-state index contributed by atoms with van der Waals surface area (Å²) in [6, 6.07) is 0. The molecule has 0 heterocycles. The monoisotopic (exact) mass is 129 g/mol. The van der Waals surface area contributed by atoms with E-state index in [1.165, 1.54) is 0 Å². The van der Waals surface area contributed by atoms with Crippen LogP contribution in [0.3, 0.4) is 0 Å². The van der Waals surface area contributed by atoms with Crippen molar-refractivity contribution >= 4 is 0 Å². The van der Waals surface area contributed by atoms with Gasteiger partial charge in [-0.05, 0) is 0 Å². The van der Waals surface area contributed by atoms with Gasteiger partial charge in [-0.3, -0.25) is 10.3 Å². The van der Waals surface area contributed by atoms with E-state index >= 15 is 0 Å². The molecule has 0 aliphatic heterocycles. The Labute approximate surface area is 56.9 Å². The molecule has 0 aromatic rings. The Kier molecular flexibility index (Phi) is 2.71. The minimum atomic E-state index is 0.0794. The minimum Gasteiger partial charge on any atom is -0.280 e. The van der Waals surface area contributed by atoms with Gasteiger partial charge < -0.3 is 0 Å². The van der Waals surface area contributed by atoms with E-state index in [4.69, 9.17) is 0 Å². The molecule has 0 fully saturated rings. The highest BCUT2D eigenvalue weighted by Gasteiger charge is 2.13. The van der Waals surface area contributed by atoms with Gasteiger partial charge in [0.1, 0.15) is 0 Å². The fraction of sp³-hybridized carbons (Fsp3) is 0.714. The van der Waals surface area contributed by atoms with Gasteiger partial charge in [-0.2, -0.15) is 0 Å². The Balaban J connectivity index is 3.74. The Morgan fingerprint density at radius 1 is 1.44 bits per heavy atom. The first-order valence-corrected chi connectivity index (χ1v) is 2.97. The molecule has 0 amide bonds. The summed E-state index contributed by atoms with van der Waals surface area (Å²) in [6.07, 6.45) is 0. The maximum absolute atomic E-state index is 4.68. The van der Waals surface area contributed by atoms with Gasteiger partial charge in [-0.1, -0.05) is 27.4 Å². The highest BCUT2D eigenvalue weighted by molar-refractivity contribution is 4.99. The van der Waals surface area contributed by atoms with Gasteiger partial charge in [0.25, 0.3) is 0 Å². The van der Waals surface area contributed by atoms with Crippen LogP contribution in [-0.2, 0) is 4.84 Å². The topological polar surface area (TPSA) is 21.3 Å². The van der Waals surface area contributed by atoms with Crippen LogP contribution >= 0.6 is 0 Å². The minimum absolute atomic E-state index is 0.0794. The number of rotatable bonds is 2. The van der Waals surface area contributed by atoms with E-state index < -0.39 is 0 Å². The predicted molar refractivity (Wildman–Crippen MR) is 38.7 cm³/mol. The molecule has 0 saturated carbocycles. The van der Waals surface area contributed by atoms with Crippen LogP contribution in [0.4, 0.5) is 0 Å². The number of hydrogen-bond donors (Lipinski definition) is 1. The Morgan fingerprint density at radius 3 is 2.00 bits per heavy atom. The molecule has 0 radical (unpaired) electrons. The molecule has 54 valence electrons. The van der Waals surface area contributed by atoms with Crippen LogP contribution in [0.2, 0.25) is 0 Å². The van der Waals surface area contributed by atoms with Crippen LogP contribution in [0.15, 0.2) is 12.3 Å². The van der Waals surface area contributed by atoms with Crippen LogP contribution < -0.4 is 5.48 Å². The highest BCUT2D eigenvalue weighted by atomic mass is 16.6. The molecule has 0 spiro atoms. The zero-order chi connectivity index (χ0) is 7.49. The number of nitrogens with one attached hydrogen (secondary N) is 1. The lowest BCUT2D eigenvalue weighted by atomic mass is 9.94. The molecular formula is C7H15NO. The second kappa shape index (κ2) is 2.87. The first kappa shape index (κ1) is 8.50. The molecule has 2 heteroatoms. The van der Waals surface area contributed by atoms with Gasteiger partial charge in [0, 0.05) is 11.1 Å². The van der Waals surface area contributed by atoms with Crippen molar-refractivity contribution in [2.75, 3.05) is 7.11 Å². The van der Waals surface area contributed by atoms with E-state index in [9.17, 15) is 0 Å². The molecule has 9 heavy (non-hydrogen) atoms. The van der Waals surface area contributed by atoms with Crippen LogP contribution in [0.1, 0.15) is 20.8 Å². The van der Waals surface area contributed by atoms with Crippen LogP contribution in [0.5, 0.6) is 0 Å². The molecule has 0 atom stereocenters. The zero-order valence-corrected chi connectivity index (χ0v) is 6.62. The summed E-state index contributed by atoms with van der Waals surface area (Å²) in [5, 5.41) is 0. The zero-order valence-electron chi connectivity index (χ0n) is 6.62. The molecule has 0 aliphatic carbocycles. The van der Waals surface area contributed by atoms with Crippen molar-refractivity contribution < 1.29 is 4.84 Å². The van der Waals surface area contributed by atoms with E-state index in [-0.39, 0.29) is 5.41 Å². The standard InChI is InChI=1S/C7H15NO/c1-6(8-9-5)7(2,3)4/h8H,1H2,2-5H3. The van der Waals surface area contributed by atoms with Crippen LogP contribution in [0, 0.1) is 5.41 Å². The molecule has 0 aromatic carbocycles.